The van der Waals surface area contributed by atoms with E-state index in [1.54, 1.807) is 24.3 Å². The number of aliphatic hydroxyl groups is 1. The van der Waals surface area contributed by atoms with Crippen LogP contribution >= 0.6 is 0 Å². The van der Waals surface area contributed by atoms with Crippen LogP contribution in [-0.4, -0.2) is 41.1 Å². The smallest absolute Gasteiger partial charge is 0.238 e. The predicted octanol–water partition coefficient (Wildman–Crippen LogP) is 0.953. The van der Waals surface area contributed by atoms with Crippen LogP contribution < -0.4 is 5.32 Å². The molecule has 3 rings (SSSR count). The van der Waals surface area contributed by atoms with Gasteiger partial charge in [0.1, 0.15) is 0 Å². The van der Waals surface area contributed by atoms with Gasteiger partial charge in [0.2, 0.25) is 5.91 Å². The molecule has 2 aliphatic rings. The molecule has 104 valence electrons. The van der Waals surface area contributed by atoms with Crippen molar-refractivity contribution < 1.29 is 9.90 Å². The van der Waals surface area contributed by atoms with E-state index in [1.807, 2.05) is 11.0 Å². The Hall–Kier alpha value is -1.90. The lowest BCUT2D eigenvalue weighted by Crippen LogP contribution is -2.64. The zero-order chi connectivity index (χ0) is 14.2. The Bertz CT molecular complexity index is 569. The monoisotopic (exact) mass is 271 g/mol. The van der Waals surface area contributed by atoms with Crippen molar-refractivity contribution in [3.8, 4) is 6.07 Å². The molecule has 0 spiro atoms. The lowest BCUT2D eigenvalue weighted by Gasteiger charge is -2.46. The highest BCUT2D eigenvalue weighted by atomic mass is 16.3. The van der Waals surface area contributed by atoms with Crippen molar-refractivity contribution in [3.63, 3.8) is 0 Å². The van der Waals surface area contributed by atoms with Crippen molar-refractivity contribution in [1.29, 1.82) is 5.26 Å². The number of benzene rings is 1. The van der Waals surface area contributed by atoms with Gasteiger partial charge in [0.25, 0.3) is 0 Å². The third kappa shape index (κ3) is 2.67. The molecule has 1 aliphatic carbocycles. The summed E-state index contributed by atoms with van der Waals surface area (Å²) in [4.78, 5) is 13.8. The van der Waals surface area contributed by atoms with Crippen LogP contribution in [0, 0.1) is 17.2 Å². The summed E-state index contributed by atoms with van der Waals surface area (Å²) >= 11 is 0. The molecule has 0 atom stereocenters. The molecular weight excluding hydrogens is 254 g/mol. The summed E-state index contributed by atoms with van der Waals surface area (Å²) in [6.45, 7) is 1.46. The summed E-state index contributed by atoms with van der Waals surface area (Å²) in [5.41, 5.74) is 0.600. The maximum atomic E-state index is 11.9. The van der Waals surface area contributed by atoms with Crippen LogP contribution in [0.4, 0.5) is 5.69 Å². The summed E-state index contributed by atoms with van der Waals surface area (Å²) in [6, 6.07) is 8.88. The summed E-state index contributed by atoms with van der Waals surface area (Å²) in [5, 5.41) is 21.8. The zero-order valence-corrected chi connectivity index (χ0v) is 11.2. The highest BCUT2D eigenvalue weighted by Gasteiger charge is 2.51. The topological polar surface area (TPSA) is 76.4 Å². The number of nitrogens with zero attached hydrogens (tertiary/aromatic N) is 2. The molecular formula is C15H17N3O2. The lowest BCUT2D eigenvalue weighted by atomic mass is 9.89. The maximum Gasteiger partial charge on any atom is 0.238 e. The number of nitriles is 1. The second-order valence-electron chi connectivity index (χ2n) is 5.76. The van der Waals surface area contributed by atoms with Gasteiger partial charge in [-0.05, 0) is 37.0 Å². The number of hydrogen-bond donors (Lipinski definition) is 2. The molecule has 5 heteroatoms. The Morgan fingerprint density at radius 2 is 2.25 bits per heavy atom. The van der Waals surface area contributed by atoms with Gasteiger partial charge in [-0.15, -0.1) is 0 Å². The van der Waals surface area contributed by atoms with Gasteiger partial charge in [0.15, 0.2) is 0 Å². The van der Waals surface area contributed by atoms with E-state index in [0.717, 1.165) is 12.8 Å². The summed E-state index contributed by atoms with van der Waals surface area (Å²) < 4.78 is 0. The minimum Gasteiger partial charge on any atom is -0.387 e. The number of hydrogen-bond acceptors (Lipinski definition) is 4. The largest absolute Gasteiger partial charge is 0.387 e. The minimum atomic E-state index is -0.555. The fraction of sp³-hybridized carbons (Fsp3) is 0.467. The molecule has 1 aromatic carbocycles. The van der Waals surface area contributed by atoms with Crippen molar-refractivity contribution in [1.82, 2.24) is 4.90 Å². The first-order valence-electron chi connectivity index (χ1n) is 6.84. The van der Waals surface area contributed by atoms with Crippen molar-refractivity contribution in [3.05, 3.63) is 29.8 Å². The van der Waals surface area contributed by atoms with Gasteiger partial charge in [-0.2, -0.15) is 5.26 Å². The van der Waals surface area contributed by atoms with Crippen molar-refractivity contribution in [2.75, 3.05) is 25.0 Å². The molecule has 20 heavy (non-hydrogen) atoms. The molecule has 0 radical (unpaired) electrons. The first-order chi connectivity index (χ1) is 9.59. The van der Waals surface area contributed by atoms with E-state index >= 15 is 0 Å². The number of carbonyl (C=O) groups excluding carboxylic acids is 1. The molecule has 2 N–H and O–H groups in total. The number of carbonyl (C=O) groups is 1. The van der Waals surface area contributed by atoms with E-state index < -0.39 is 5.60 Å². The first kappa shape index (κ1) is 13.1. The Kier molecular flexibility index (Phi) is 3.20. The van der Waals surface area contributed by atoms with Gasteiger partial charge in [0.05, 0.1) is 23.8 Å². The maximum absolute atomic E-state index is 11.9. The highest BCUT2D eigenvalue weighted by molar-refractivity contribution is 5.92. The van der Waals surface area contributed by atoms with E-state index in [1.165, 1.54) is 0 Å². The Morgan fingerprint density at radius 1 is 1.50 bits per heavy atom. The number of β-amino-alcohol motifs (C(OH)–C–C–N with tert-alkyl or cyclic N) is 1. The summed E-state index contributed by atoms with van der Waals surface area (Å²) in [7, 11) is 0. The Balaban J connectivity index is 1.49. The first-order valence-corrected chi connectivity index (χ1v) is 6.84. The van der Waals surface area contributed by atoms with Gasteiger partial charge in [-0.1, -0.05) is 6.07 Å². The Labute approximate surface area is 117 Å². The van der Waals surface area contributed by atoms with Crippen molar-refractivity contribution in [2.24, 2.45) is 5.92 Å². The number of anilines is 1. The third-order valence-electron chi connectivity index (χ3n) is 3.97. The van der Waals surface area contributed by atoms with E-state index in [9.17, 15) is 9.90 Å². The van der Waals surface area contributed by atoms with Gasteiger partial charge < -0.3 is 10.4 Å². The average molecular weight is 271 g/mol. The molecule has 1 amide bonds. The second kappa shape index (κ2) is 4.89. The fourth-order valence-corrected chi connectivity index (χ4v) is 2.79. The fourth-order valence-electron chi connectivity index (χ4n) is 2.79. The SMILES string of the molecule is N#Cc1cccc(NC(=O)CN2CC(O)(C3CC3)C2)c1. The third-order valence-corrected chi connectivity index (χ3v) is 3.97. The standard InChI is InChI=1S/C15H17N3O2/c16-7-11-2-1-3-13(6-11)17-14(19)8-18-9-15(20,10-18)12-4-5-12/h1-3,6,12,20H,4-5,8-10H2,(H,17,19). The highest BCUT2D eigenvalue weighted by Crippen LogP contribution is 2.44. The van der Waals surface area contributed by atoms with Crippen LogP contribution in [0.25, 0.3) is 0 Å². The zero-order valence-electron chi connectivity index (χ0n) is 11.2. The van der Waals surface area contributed by atoms with Gasteiger partial charge in [-0.3, -0.25) is 9.69 Å². The molecule has 0 aromatic heterocycles. The van der Waals surface area contributed by atoms with Crippen LogP contribution in [0.15, 0.2) is 24.3 Å². The molecule has 1 saturated heterocycles. The van der Waals surface area contributed by atoms with Crippen molar-refractivity contribution >= 4 is 11.6 Å². The molecule has 1 saturated carbocycles. The Morgan fingerprint density at radius 3 is 2.90 bits per heavy atom. The van der Waals surface area contributed by atoms with E-state index in [0.29, 0.717) is 30.3 Å². The average Bonchev–Trinajstić information content (AvgIpc) is 3.21. The van der Waals surface area contributed by atoms with Gasteiger partial charge in [0, 0.05) is 18.8 Å². The van der Waals surface area contributed by atoms with Crippen LogP contribution in [0.3, 0.4) is 0 Å². The van der Waals surface area contributed by atoms with E-state index in [-0.39, 0.29) is 12.5 Å². The molecule has 1 heterocycles. The predicted molar refractivity (Wildman–Crippen MR) is 73.9 cm³/mol. The van der Waals surface area contributed by atoms with Gasteiger partial charge >= 0.3 is 0 Å². The summed E-state index contributed by atoms with van der Waals surface area (Å²) in [6.07, 6.45) is 2.22. The quantitative estimate of drug-likeness (QED) is 0.855. The van der Waals surface area contributed by atoms with Crippen LogP contribution in [0.5, 0.6) is 0 Å². The molecule has 1 aliphatic heterocycles. The number of amides is 1. The normalized spacial score (nSPS) is 20.8. The summed E-state index contributed by atoms with van der Waals surface area (Å²) in [5.74, 6) is 0.326. The minimum absolute atomic E-state index is 0.113. The van der Waals surface area contributed by atoms with Crippen LogP contribution in [-0.2, 0) is 4.79 Å². The molecule has 0 unspecified atom stereocenters. The number of nitrogens with one attached hydrogen (secondary N) is 1. The number of likely N-dealkylation sites (tertiary alicyclic amines) is 1. The number of rotatable bonds is 4. The molecule has 2 fully saturated rings. The molecule has 1 aromatic rings. The van der Waals surface area contributed by atoms with E-state index in [4.69, 9.17) is 5.26 Å². The van der Waals surface area contributed by atoms with Crippen LogP contribution in [0.2, 0.25) is 0 Å². The molecule has 0 bridgehead atoms. The lowest BCUT2D eigenvalue weighted by molar-refractivity contribution is -0.132. The van der Waals surface area contributed by atoms with Gasteiger partial charge in [-0.25, -0.2) is 0 Å². The second-order valence-corrected chi connectivity index (χ2v) is 5.76. The van der Waals surface area contributed by atoms with Crippen LogP contribution in [0.1, 0.15) is 18.4 Å². The van der Waals surface area contributed by atoms with Crippen molar-refractivity contribution in [2.45, 2.75) is 18.4 Å². The van der Waals surface area contributed by atoms with E-state index in [2.05, 4.69) is 5.32 Å². The molecule has 5 nitrogen and oxygen atoms in total.